The van der Waals surface area contributed by atoms with Gasteiger partial charge in [-0.3, -0.25) is 0 Å². The lowest BCUT2D eigenvalue weighted by Crippen LogP contribution is -1.96. The molecule has 0 aliphatic rings. The zero-order valence-corrected chi connectivity index (χ0v) is 6.10. The molecule has 0 saturated heterocycles. The molecule has 0 fully saturated rings. The van der Waals surface area contributed by atoms with Crippen molar-refractivity contribution < 1.29 is 13.5 Å². The van der Waals surface area contributed by atoms with Crippen molar-refractivity contribution in [1.29, 1.82) is 0 Å². The van der Waals surface area contributed by atoms with E-state index in [2.05, 4.69) is 16.7 Å². The van der Waals surface area contributed by atoms with Gasteiger partial charge in [-0.05, 0) is 12.1 Å². The Morgan fingerprint density at radius 2 is 2.25 bits per heavy atom. The minimum absolute atomic E-state index is 0.100. The third-order valence-electron chi connectivity index (χ3n) is 1.13. The topological polar surface area (TPSA) is 9.23 Å². The lowest BCUT2D eigenvalue weighted by atomic mass is 10.3. The van der Waals surface area contributed by atoms with Crippen molar-refractivity contribution in [2.24, 2.45) is 0 Å². The maximum atomic E-state index is 12.7. The second-order valence-electron chi connectivity index (χ2n) is 1.98. The Hall–Kier alpha value is -1.56. The van der Waals surface area contributed by atoms with E-state index in [9.17, 15) is 8.78 Å². The first-order chi connectivity index (χ1) is 5.74. The van der Waals surface area contributed by atoms with Gasteiger partial charge in [0.1, 0.15) is 12.4 Å². The number of rotatable bonds is 2. The largest absolute Gasteiger partial charge is 0.477 e. The second-order valence-corrected chi connectivity index (χ2v) is 1.98. The molecule has 1 radical (unpaired) electrons. The highest BCUT2D eigenvalue weighted by atomic mass is 19.1. The molecule has 0 aliphatic carbocycles. The van der Waals surface area contributed by atoms with Crippen molar-refractivity contribution in [3.63, 3.8) is 0 Å². The van der Waals surface area contributed by atoms with Crippen LogP contribution in [0.3, 0.4) is 0 Å². The molecule has 0 saturated carbocycles. The molecule has 0 aliphatic heterocycles. The quantitative estimate of drug-likeness (QED) is 0.610. The van der Waals surface area contributed by atoms with E-state index in [-0.39, 0.29) is 12.4 Å². The average molecular weight is 167 g/mol. The van der Waals surface area contributed by atoms with Crippen molar-refractivity contribution >= 4 is 0 Å². The van der Waals surface area contributed by atoms with E-state index < -0.39 is 11.6 Å². The second kappa shape index (κ2) is 3.72. The third-order valence-corrected chi connectivity index (χ3v) is 1.13. The summed E-state index contributed by atoms with van der Waals surface area (Å²) in [4.78, 5) is 0. The Bertz CT molecular complexity index is 315. The standard InChI is InChI=1S/C9H5F2O/c1-2-5-12-9-6-7(10)3-4-8(9)11/h1,3-4H,5H2. The number of halogens is 2. The van der Waals surface area contributed by atoms with Gasteiger partial charge in [-0.15, -0.1) is 6.42 Å². The van der Waals surface area contributed by atoms with E-state index in [1.54, 1.807) is 0 Å². The van der Waals surface area contributed by atoms with Gasteiger partial charge < -0.3 is 4.74 Å². The molecule has 0 unspecified atom stereocenters. The van der Waals surface area contributed by atoms with Gasteiger partial charge in [-0.2, -0.15) is 0 Å². The predicted octanol–water partition coefficient (Wildman–Crippen LogP) is 1.78. The molecule has 3 heteroatoms. The van der Waals surface area contributed by atoms with E-state index in [1.165, 1.54) is 0 Å². The molecular weight excluding hydrogens is 162 g/mol. The normalized spacial score (nSPS) is 9.08. The van der Waals surface area contributed by atoms with E-state index in [4.69, 9.17) is 6.42 Å². The summed E-state index contributed by atoms with van der Waals surface area (Å²) < 4.78 is 29.8. The molecule has 1 nitrogen and oxygen atoms in total. The summed E-state index contributed by atoms with van der Waals surface area (Å²) in [5.41, 5.74) is 0. The van der Waals surface area contributed by atoms with Gasteiger partial charge >= 0.3 is 0 Å². The summed E-state index contributed by atoms with van der Waals surface area (Å²) >= 11 is 0. The van der Waals surface area contributed by atoms with E-state index >= 15 is 0 Å². The van der Waals surface area contributed by atoms with Gasteiger partial charge in [0, 0.05) is 0 Å². The molecule has 1 aromatic rings. The van der Waals surface area contributed by atoms with Gasteiger partial charge in [-0.1, -0.05) is 5.92 Å². The fourth-order valence-corrected chi connectivity index (χ4v) is 0.651. The number of terminal acetylenes is 1. The van der Waals surface area contributed by atoms with E-state index in [1.807, 2.05) is 0 Å². The monoisotopic (exact) mass is 167 g/mol. The van der Waals surface area contributed by atoms with Crippen molar-refractivity contribution in [2.75, 3.05) is 6.61 Å². The summed E-state index contributed by atoms with van der Waals surface area (Å²) in [7, 11) is 0. The summed E-state index contributed by atoms with van der Waals surface area (Å²) in [6, 6.07) is 3.96. The Labute approximate surface area is 69.0 Å². The van der Waals surface area contributed by atoms with E-state index in [0.717, 1.165) is 12.1 Å². The van der Waals surface area contributed by atoms with Crippen LogP contribution in [-0.4, -0.2) is 6.61 Å². The van der Waals surface area contributed by atoms with Gasteiger partial charge in [0.25, 0.3) is 0 Å². The van der Waals surface area contributed by atoms with Crippen molar-refractivity contribution in [1.82, 2.24) is 0 Å². The first-order valence-electron chi connectivity index (χ1n) is 3.17. The smallest absolute Gasteiger partial charge is 0.167 e. The maximum absolute atomic E-state index is 12.7. The lowest BCUT2D eigenvalue weighted by Gasteiger charge is -2.01. The Morgan fingerprint density at radius 3 is 2.92 bits per heavy atom. The molecule has 0 N–H and O–H groups in total. The minimum atomic E-state index is -0.677. The molecule has 0 atom stereocenters. The summed E-state index contributed by atoms with van der Waals surface area (Å²) in [5.74, 6) is 0.495. The predicted molar refractivity (Wildman–Crippen MR) is 39.5 cm³/mol. The van der Waals surface area contributed by atoms with Crippen LogP contribution < -0.4 is 4.74 Å². The molecule has 61 valence electrons. The van der Waals surface area contributed by atoms with Crippen LogP contribution in [0.15, 0.2) is 12.1 Å². The molecule has 0 aromatic heterocycles. The van der Waals surface area contributed by atoms with Gasteiger partial charge in [-0.25, -0.2) is 8.78 Å². The van der Waals surface area contributed by atoms with Crippen molar-refractivity contribution in [3.8, 4) is 18.1 Å². The maximum Gasteiger partial charge on any atom is 0.167 e. The van der Waals surface area contributed by atoms with Crippen molar-refractivity contribution in [3.05, 3.63) is 29.8 Å². The number of hydrogen-bond donors (Lipinski definition) is 0. The average Bonchev–Trinajstić information content (AvgIpc) is 2.07. The van der Waals surface area contributed by atoms with Crippen LogP contribution in [0.25, 0.3) is 0 Å². The highest BCUT2D eigenvalue weighted by molar-refractivity contribution is 5.23. The molecular formula is C9H5F2O. The lowest BCUT2D eigenvalue weighted by molar-refractivity contribution is 0.344. The van der Waals surface area contributed by atoms with Crippen LogP contribution in [0.1, 0.15) is 0 Å². The first kappa shape index (κ1) is 8.54. The van der Waals surface area contributed by atoms with Crippen LogP contribution in [0.5, 0.6) is 5.75 Å². The Morgan fingerprint density at radius 1 is 1.50 bits per heavy atom. The van der Waals surface area contributed by atoms with Crippen LogP contribution in [0.4, 0.5) is 8.78 Å². The summed E-state index contributed by atoms with van der Waals surface area (Å²) in [5, 5.41) is 0. The van der Waals surface area contributed by atoms with Crippen LogP contribution in [0.2, 0.25) is 0 Å². The minimum Gasteiger partial charge on any atom is -0.477 e. The fraction of sp³-hybridized carbons (Fsp3) is 0.111. The first-order valence-corrected chi connectivity index (χ1v) is 3.17. The van der Waals surface area contributed by atoms with Crippen LogP contribution >= 0.6 is 0 Å². The van der Waals surface area contributed by atoms with E-state index in [0.29, 0.717) is 0 Å². The molecule has 1 aromatic carbocycles. The number of benzene rings is 1. The Balaban J connectivity index is 2.84. The summed E-state index contributed by atoms with van der Waals surface area (Å²) in [6.07, 6.45) is 4.86. The number of ether oxygens (including phenoxy) is 1. The van der Waals surface area contributed by atoms with Gasteiger partial charge in [0.2, 0.25) is 0 Å². The zero-order valence-electron chi connectivity index (χ0n) is 6.10. The SMILES string of the molecule is C#CCOc1[c]c(F)ccc1F. The third kappa shape index (κ3) is 1.96. The molecule has 0 bridgehead atoms. The molecule has 1 rings (SSSR count). The molecule has 0 spiro atoms. The number of hydrogen-bond acceptors (Lipinski definition) is 1. The highest BCUT2D eigenvalue weighted by Crippen LogP contribution is 2.16. The molecule has 0 heterocycles. The van der Waals surface area contributed by atoms with Gasteiger partial charge in [0.15, 0.2) is 11.6 Å². The summed E-state index contributed by atoms with van der Waals surface area (Å²) in [6.45, 7) is -0.100. The van der Waals surface area contributed by atoms with Crippen LogP contribution in [-0.2, 0) is 0 Å². The van der Waals surface area contributed by atoms with Crippen LogP contribution in [0, 0.1) is 30.0 Å². The molecule has 0 amide bonds. The highest BCUT2D eigenvalue weighted by Gasteiger charge is 2.03. The fourth-order valence-electron chi connectivity index (χ4n) is 0.651. The zero-order chi connectivity index (χ0) is 8.97. The Kier molecular flexibility index (Phi) is 2.65. The molecule has 12 heavy (non-hydrogen) atoms. The van der Waals surface area contributed by atoms with Gasteiger partial charge in [0.05, 0.1) is 6.07 Å². The van der Waals surface area contributed by atoms with Crippen molar-refractivity contribution in [2.45, 2.75) is 0 Å².